The first-order valence-electron chi connectivity index (χ1n) is 10.5. The zero-order chi connectivity index (χ0) is 21.1. The highest BCUT2D eigenvalue weighted by Crippen LogP contribution is 2.39. The summed E-state index contributed by atoms with van der Waals surface area (Å²) in [7, 11) is -0.450. The standard InChI is InChI=1S/C26H26BNO2/c1-17-16-22(27-29-25(2,3)26(4,5)30-27)23(21-13-9-8-11-19(17)21)24-20-12-7-6-10-18(20)14-15-28-24/h6-16H,1-5H3. The molecule has 3 aromatic carbocycles. The van der Waals surface area contributed by atoms with Gasteiger partial charge in [0.25, 0.3) is 0 Å². The second kappa shape index (κ2) is 6.66. The minimum atomic E-state index is -0.450. The van der Waals surface area contributed by atoms with E-state index in [0.717, 1.165) is 22.1 Å². The van der Waals surface area contributed by atoms with Gasteiger partial charge in [0.1, 0.15) is 0 Å². The molecule has 5 rings (SSSR count). The van der Waals surface area contributed by atoms with Crippen molar-refractivity contribution in [2.75, 3.05) is 0 Å². The normalized spacial score (nSPS) is 17.7. The topological polar surface area (TPSA) is 31.4 Å². The molecule has 0 unspecified atom stereocenters. The van der Waals surface area contributed by atoms with Gasteiger partial charge in [-0.3, -0.25) is 4.98 Å². The molecule has 1 aliphatic rings. The van der Waals surface area contributed by atoms with Crippen molar-refractivity contribution in [3.8, 4) is 11.3 Å². The Morgan fingerprint density at radius 1 is 0.767 bits per heavy atom. The van der Waals surface area contributed by atoms with E-state index in [1.807, 2.05) is 6.20 Å². The van der Waals surface area contributed by atoms with E-state index >= 15 is 0 Å². The van der Waals surface area contributed by atoms with E-state index in [4.69, 9.17) is 14.3 Å². The van der Waals surface area contributed by atoms with Crippen LogP contribution in [0.1, 0.15) is 33.3 Å². The lowest BCUT2D eigenvalue weighted by Crippen LogP contribution is -2.41. The van der Waals surface area contributed by atoms with Gasteiger partial charge in [0, 0.05) is 17.1 Å². The lowest BCUT2D eigenvalue weighted by atomic mass is 9.72. The molecule has 0 amide bonds. The summed E-state index contributed by atoms with van der Waals surface area (Å²) in [5.41, 5.74) is 3.50. The number of pyridine rings is 1. The molecule has 1 fully saturated rings. The number of aryl methyl sites for hydroxylation is 1. The number of hydrogen-bond donors (Lipinski definition) is 0. The molecule has 1 saturated heterocycles. The largest absolute Gasteiger partial charge is 0.495 e. The molecule has 0 spiro atoms. The number of aromatic nitrogens is 1. The van der Waals surface area contributed by atoms with Crippen LogP contribution in [0, 0.1) is 6.92 Å². The quantitative estimate of drug-likeness (QED) is 0.410. The first-order valence-corrected chi connectivity index (χ1v) is 10.5. The van der Waals surface area contributed by atoms with E-state index in [1.54, 1.807) is 0 Å². The van der Waals surface area contributed by atoms with Crippen LogP contribution in [0.2, 0.25) is 0 Å². The number of nitrogens with zero attached hydrogens (tertiary/aromatic N) is 1. The fourth-order valence-electron chi connectivity index (χ4n) is 4.32. The fraction of sp³-hybridized carbons (Fsp3) is 0.269. The Balaban J connectivity index is 1.85. The molecule has 3 nitrogen and oxygen atoms in total. The Bertz CT molecular complexity index is 1260. The van der Waals surface area contributed by atoms with Crippen molar-refractivity contribution in [3.05, 3.63) is 72.4 Å². The van der Waals surface area contributed by atoms with Gasteiger partial charge < -0.3 is 9.31 Å². The van der Waals surface area contributed by atoms with Gasteiger partial charge in [-0.15, -0.1) is 0 Å². The number of rotatable bonds is 2. The average Bonchev–Trinajstić information content (AvgIpc) is 2.95. The molecule has 150 valence electrons. The molecule has 1 aliphatic heterocycles. The molecule has 2 heterocycles. The zero-order valence-corrected chi connectivity index (χ0v) is 18.2. The van der Waals surface area contributed by atoms with Crippen LogP contribution in [0.4, 0.5) is 0 Å². The summed E-state index contributed by atoms with van der Waals surface area (Å²) in [5.74, 6) is 0. The maximum Gasteiger partial charge on any atom is 0.495 e. The highest BCUT2D eigenvalue weighted by Gasteiger charge is 2.52. The highest BCUT2D eigenvalue weighted by atomic mass is 16.7. The molecule has 0 bridgehead atoms. The summed E-state index contributed by atoms with van der Waals surface area (Å²) >= 11 is 0. The van der Waals surface area contributed by atoms with E-state index in [-0.39, 0.29) is 0 Å². The van der Waals surface area contributed by atoms with Crippen molar-refractivity contribution in [1.82, 2.24) is 4.98 Å². The number of hydrogen-bond acceptors (Lipinski definition) is 3. The Morgan fingerprint density at radius 2 is 1.37 bits per heavy atom. The first kappa shape index (κ1) is 19.3. The smallest absolute Gasteiger partial charge is 0.399 e. The van der Waals surface area contributed by atoms with Crippen LogP contribution >= 0.6 is 0 Å². The molecule has 1 aromatic heterocycles. The molecule has 0 atom stereocenters. The Hall–Kier alpha value is -2.69. The van der Waals surface area contributed by atoms with Crippen molar-refractivity contribution in [1.29, 1.82) is 0 Å². The maximum absolute atomic E-state index is 6.48. The predicted octanol–water partition coefficient (Wildman–Crippen LogP) is 5.66. The van der Waals surface area contributed by atoms with Crippen LogP contribution in [-0.2, 0) is 9.31 Å². The van der Waals surface area contributed by atoms with Crippen LogP contribution in [-0.4, -0.2) is 23.3 Å². The molecule has 4 aromatic rings. The SMILES string of the molecule is Cc1cc(B2OC(C)(C)C(C)(C)O2)c(-c2nccc3ccccc23)c2ccccc12. The average molecular weight is 395 g/mol. The maximum atomic E-state index is 6.48. The molecule has 4 heteroatoms. The lowest BCUT2D eigenvalue weighted by Gasteiger charge is -2.32. The third-order valence-electron chi connectivity index (χ3n) is 6.70. The van der Waals surface area contributed by atoms with E-state index < -0.39 is 18.3 Å². The van der Waals surface area contributed by atoms with Crippen LogP contribution in [0.25, 0.3) is 32.8 Å². The van der Waals surface area contributed by atoms with Gasteiger partial charge in [0.15, 0.2) is 0 Å². The van der Waals surface area contributed by atoms with E-state index in [9.17, 15) is 0 Å². The third-order valence-corrected chi connectivity index (χ3v) is 6.70. The van der Waals surface area contributed by atoms with Gasteiger partial charge in [0.2, 0.25) is 0 Å². The summed E-state index contributed by atoms with van der Waals surface area (Å²) in [6.07, 6.45) is 1.89. The number of benzene rings is 3. The van der Waals surface area contributed by atoms with Gasteiger partial charge in [-0.25, -0.2) is 0 Å². The number of fused-ring (bicyclic) bond motifs is 2. The van der Waals surface area contributed by atoms with Gasteiger partial charge >= 0.3 is 7.12 Å². The van der Waals surface area contributed by atoms with Gasteiger partial charge in [-0.1, -0.05) is 54.6 Å². The highest BCUT2D eigenvalue weighted by molar-refractivity contribution is 6.64. The van der Waals surface area contributed by atoms with E-state index in [1.165, 1.54) is 21.7 Å². The van der Waals surface area contributed by atoms with E-state index in [2.05, 4.69) is 95.3 Å². The Morgan fingerprint density at radius 3 is 2.07 bits per heavy atom. The monoisotopic (exact) mass is 395 g/mol. The van der Waals surface area contributed by atoms with Crippen molar-refractivity contribution in [2.24, 2.45) is 0 Å². The summed E-state index contributed by atoms with van der Waals surface area (Å²) in [4.78, 5) is 4.85. The molecular formula is C26H26BNO2. The predicted molar refractivity (Wildman–Crippen MR) is 125 cm³/mol. The molecule has 0 N–H and O–H groups in total. The molecular weight excluding hydrogens is 369 g/mol. The molecule has 0 radical (unpaired) electrons. The molecule has 0 saturated carbocycles. The second-order valence-corrected chi connectivity index (χ2v) is 9.17. The first-order chi connectivity index (χ1) is 14.3. The van der Waals surface area contributed by atoms with Crippen LogP contribution < -0.4 is 5.46 Å². The van der Waals surface area contributed by atoms with Crippen LogP contribution in [0.5, 0.6) is 0 Å². The second-order valence-electron chi connectivity index (χ2n) is 9.17. The summed E-state index contributed by atoms with van der Waals surface area (Å²) in [6.45, 7) is 10.5. The van der Waals surface area contributed by atoms with Crippen molar-refractivity contribution in [3.63, 3.8) is 0 Å². The van der Waals surface area contributed by atoms with Crippen molar-refractivity contribution >= 4 is 34.1 Å². The lowest BCUT2D eigenvalue weighted by molar-refractivity contribution is 0.00578. The molecule has 30 heavy (non-hydrogen) atoms. The van der Waals surface area contributed by atoms with Crippen molar-refractivity contribution < 1.29 is 9.31 Å². The fourth-order valence-corrected chi connectivity index (χ4v) is 4.32. The van der Waals surface area contributed by atoms with Crippen LogP contribution in [0.15, 0.2) is 66.9 Å². The van der Waals surface area contributed by atoms with Gasteiger partial charge in [-0.2, -0.15) is 0 Å². The van der Waals surface area contributed by atoms with E-state index in [0.29, 0.717) is 0 Å². The summed E-state index contributed by atoms with van der Waals surface area (Å²) in [6, 6.07) is 21.2. The minimum absolute atomic E-state index is 0.402. The Kier molecular flexibility index (Phi) is 4.28. The van der Waals surface area contributed by atoms with Gasteiger partial charge in [0.05, 0.1) is 16.9 Å². The zero-order valence-electron chi connectivity index (χ0n) is 18.2. The van der Waals surface area contributed by atoms with Crippen LogP contribution in [0.3, 0.4) is 0 Å². The van der Waals surface area contributed by atoms with Crippen molar-refractivity contribution in [2.45, 2.75) is 45.8 Å². The summed E-state index contributed by atoms with van der Waals surface area (Å²) < 4.78 is 13.0. The van der Waals surface area contributed by atoms with Gasteiger partial charge in [-0.05, 0) is 67.9 Å². The minimum Gasteiger partial charge on any atom is -0.399 e. The molecule has 0 aliphatic carbocycles. The third kappa shape index (κ3) is 2.86. The Labute approximate surface area is 178 Å². The summed E-state index contributed by atoms with van der Waals surface area (Å²) in [5, 5.41) is 4.70.